The summed E-state index contributed by atoms with van der Waals surface area (Å²) >= 11 is 0. The van der Waals surface area contributed by atoms with Crippen molar-refractivity contribution in [1.29, 1.82) is 0 Å². The molecule has 3 aliphatic heterocycles. The first kappa shape index (κ1) is 38.6. The van der Waals surface area contributed by atoms with Gasteiger partial charge < -0.3 is 31.9 Å². The first-order chi connectivity index (χ1) is 24.8. The van der Waals surface area contributed by atoms with Gasteiger partial charge in [-0.05, 0) is 111 Å². The van der Waals surface area contributed by atoms with E-state index in [0.717, 1.165) is 156 Å². The van der Waals surface area contributed by atoms with Crippen LogP contribution in [0.2, 0.25) is 0 Å². The summed E-state index contributed by atoms with van der Waals surface area (Å²) in [7, 11) is 0. The molecule has 0 saturated carbocycles. The molecule has 0 saturated heterocycles. The van der Waals surface area contributed by atoms with Crippen molar-refractivity contribution in [3.8, 4) is 0 Å². The molecule has 0 spiro atoms. The van der Waals surface area contributed by atoms with Gasteiger partial charge >= 0.3 is 0 Å². The monoisotopic (exact) mass is 683 g/mol. The topological polar surface area (TPSA) is 78.7 Å². The molecule has 274 valence electrons. The Morgan fingerprint density at radius 2 is 0.480 bits per heavy atom. The highest BCUT2D eigenvalue weighted by Crippen LogP contribution is 2.09. The zero-order valence-electron chi connectivity index (χ0n) is 30.8. The van der Waals surface area contributed by atoms with E-state index in [1.54, 1.807) is 0 Å². The summed E-state index contributed by atoms with van der Waals surface area (Å²) in [5, 5.41) is 22.5. The third-order valence-corrected chi connectivity index (χ3v) is 10.1. The Bertz CT molecular complexity index is 1080. The maximum absolute atomic E-state index is 3.74. The van der Waals surface area contributed by atoms with Gasteiger partial charge in [0.15, 0.2) is 0 Å². The summed E-state index contributed by atoms with van der Waals surface area (Å²) in [4.78, 5) is 5.23. The normalized spacial score (nSPS) is 22.8. The van der Waals surface area contributed by atoms with Crippen LogP contribution >= 0.6 is 0 Å². The lowest BCUT2D eigenvalue weighted by Crippen LogP contribution is -2.41. The van der Waals surface area contributed by atoms with Gasteiger partial charge in [0.2, 0.25) is 0 Å². The Kier molecular flexibility index (Phi) is 18.3. The van der Waals surface area contributed by atoms with Crippen molar-refractivity contribution in [1.82, 2.24) is 41.7 Å². The number of nitrogens with one attached hydrogen (secondary N) is 6. The Labute approximate surface area is 303 Å². The molecule has 6 N–H and O–H groups in total. The summed E-state index contributed by atoms with van der Waals surface area (Å²) in [6.07, 6.45) is 6.44. The average Bonchev–Trinajstić information content (AvgIpc) is 3.13. The Hall–Kier alpha value is -2.66. The van der Waals surface area contributed by atoms with E-state index in [9.17, 15) is 0 Å². The van der Waals surface area contributed by atoms with E-state index < -0.39 is 0 Å². The van der Waals surface area contributed by atoms with Crippen molar-refractivity contribution in [3.63, 3.8) is 0 Å². The summed E-state index contributed by atoms with van der Waals surface area (Å²) < 4.78 is 0. The van der Waals surface area contributed by atoms with Gasteiger partial charge in [0, 0.05) is 78.5 Å². The third-order valence-electron chi connectivity index (χ3n) is 10.1. The van der Waals surface area contributed by atoms with Crippen molar-refractivity contribution in [2.24, 2.45) is 0 Å². The standard InChI is InChI=1S/C42H66N8/c1-4-37-10-16-43-22-28-49-30-24-45-18-12-39-6-2-7-40(35-39)13-19-46-25-31-50(29-23-44-17-11-38(5-1)34-37)33-27-48-21-15-42-9-3-8-41(36-42)14-20-47-26-32-49/h1-9,34-36,43-48H,10-33H2. The minimum Gasteiger partial charge on any atom is -0.315 e. The van der Waals surface area contributed by atoms with Gasteiger partial charge in [0.25, 0.3) is 0 Å². The molecular weight excluding hydrogens is 617 g/mol. The summed E-state index contributed by atoms with van der Waals surface area (Å²) in [6.45, 7) is 18.6. The fraction of sp³-hybridized carbons (Fsp3) is 0.571. The van der Waals surface area contributed by atoms with Gasteiger partial charge in [-0.2, -0.15) is 0 Å². The van der Waals surface area contributed by atoms with Crippen LogP contribution in [0.25, 0.3) is 0 Å². The molecular formula is C42H66N8. The minimum absolute atomic E-state index is 1.02. The van der Waals surface area contributed by atoms with Gasteiger partial charge in [-0.15, -0.1) is 0 Å². The Morgan fingerprint density at radius 3 is 0.680 bits per heavy atom. The van der Waals surface area contributed by atoms with Crippen LogP contribution in [0.5, 0.6) is 0 Å². The second-order valence-electron chi connectivity index (χ2n) is 14.1. The maximum Gasteiger partial charge on any atom is 0.0108 e. The lowest BCUT2D eigenvalue weighted by Gasteiger charge is -2.23. The predicted molar refractivity (Wildman–Crippen MR) is 212 cm³/mol. The molecule has 0 aromatic heterocycles. The number of hydrogen-bond donors (Lipinski definition) is 6. The average molecular weight is 683 g/mol. The molecule has 8 bridgehead atoms. The molecule has 0 aliphatic carbocycles. The van der Waals surface area contributed by atoms with Crippen molar-refractivity contribution in [2.75, 3.05) is 118 Å². The van der Waals surface area contributed by atoms with Crippen molar-refractivity contribution >= 4 is 0 Å². The molecule has 8 nitrogen and oxygen atoms in total. The summed E-state index contributed by atoms with van der Waals surface area (Å²) in [5.74, 6) is 0. The van der Waals surface area contributed by atoms with Crippen molar-refractivity contribution in [3.05, 3.63) is 106 Å². The Balaban J connectivity index is 1.24. The van der Waals surface area contributed by atoms with Gasteiger partial charge in [-0.3, -0.25) is 9.80 Å². The molecule has 3 heterocycles. The number of nitrogens with zero attached hydrogens (tertiary/aromatic N) is 2. The predicted octanol–water partition coefficient (Wildman–Crippen LogP) is 2.51. The van der Waals surface area contributed by atoms with Gasteiger partial charge in [0.1, 0.15) is 0 Å². The van der Waals surface area contributed by atoms with E-state index in [2.05, 4.69) is 114 Å². The SMILES string of the molecule is c1cc2cc(c1)CCNCCN1CCNCCc3cccc(c3)CCNCCN(CCNCC2)CCNCCc2cccc(c2)CCNCC1. The molecule has 50 heavy (non-hydrogen) atoms. The van der Waals surface area contributed by atoms with Crippen molar-refractivity contribution < 1.29 is 0 Å². The van der Waals surface area contributed by atoms with Crippen LogP contribution < -0.4 is 31.9 Å². The molecule has 8 heteroatoms. The van der Waals surface area contributed by atoms with Crippen molar-refractivity contribution in [2.45, 2.75) is 38.5 Å². The van der Waals surface area contributed by atoms with Crippen LogP contribution in [0, 0.1) is 0 Å². The number of rotatable bonds is 0. The van der Waals surface area contributed by atoms with E-state index in [0.29, 0.717) is 0 Å². The number of hydrogen-bond acceptors (Lipinski definition) is 8. The van der Waals surface area contributed by atoms with E-state index in [1.165, 1.54) is 33.4 Å². The lowest BCUT2D eigenvalue weighted by molar-refractivity contribution is 0.272. The van der Waals surface area contributed by atoms with Crippen LogP contribution in [0.1, 0.15) is 33.4 Å². The smallest absolute Gasteiger partial charge is 0.0108 e. The van der Waals surface area contributed by atoms with E-state index in [-0.39, 0.29) is 0 Å². The van der Waals surface area contributed by atoms with Crippen LogP contribution in [0.15, 0.2) is 72.8 Å². The second-order valence-corrected chi connectivity index (χ2v) is 14.1. The van der Waals surface area contributed by atoms with Crippen LogP contribution in [-0.4, -0.2) is 128 Å². The molecule has 0 fully saturated rings. The first-order valence-electron chi connectivity index (χ1n) is 19.7. The highest BCUT2D eigenvalue weighted by molar-refractivity contribution is 5.26. The molecule has 3 aromatic rings. The van der Waals surface area contributed by atoms with E-state index in [1.807, 2.05) is 0 Å². The highest BCUT2D eigenvalue weighted by Gasteiger charge is 2.08. The largest absolute Gasteiger partial charge is 0.315 e. The van der Waals surface area contributed by atoms with Gasteiger partial charge in [-0.25, -0.2) is 0 Å². The van der Waals surface area contributed by atoms with Gasteiger partial charge in [0.05, 0.1) is 0 Å². The molecule has 0 amide bonds. The van der Waals surface area contributed by atoms with E-state index in [4.69, 9.17) is 0 Å². The fourth-order valence-electron chi connectivity index (χ4n) is 7.06. The molecule has 6 rings (SSSR count). The quantitative estimate of drug-likeness (QED) is 0.216. The van der Waals surface area contributed by atoms with E-state index >= 15 is 0 Å². The molecule has 3 aromatic carbocycles. The summed E-state index contributed by atoms with van der Waals surface area (Å²) in [5.41, 5.74) is 8.60. The zero-order chi connectivity index (χ0) is 34.3. The highest BCUT2D eigenvalue weighted by atomic mass is 15.2. The molecule has 3 aliphatic rings. The van der Waals surface area contributed by atoms with Crippen LogP contribution in [0.4, 0.5) is 0 Å². The lowest BCUT2D eigenvalue weighted by atomic mass is 10.1. The second kappa shape index (κ2) is 23.7. The maximum atomic E-state index is 3.74. The van der Waals surface area contributed by atoms with Gasteiger partial charge in [-0.1, -0.05) is 72.8 Å². The summed E-state index contributed by atoms with van der Waals surface area (Å²) in [6, 6.07) is 27.6. The molecule has 0 atom stereocenters. The Morgan fingerprint density at radius 1 is 0.280 bits per heavy atom. The zero-order valence-corrected chi connectivity index (χ0v) is 30.8. The van der Waals surface area contributed by atoms with Crippen LogP contribution in [0.3, 0.4) is 0 Å². The molecule has 0 radical (unpaired) electrons. The fourth-order valence-corrected chi connectivity index (χ4v) is 7.06. The van der Waals surface area contributed by atoms with Crippen LogP contribution in [-0.2, 0) is 38.5 Å². The number of benzene rings is 3. The molecule has 0 unspecified atom stereocenters. The number of fused-ring (bicyclic) bond motifs is 24. The third kappa shape index (κ3) is 15.7. The minimum atomic E-state index is 1.02. The first-order valence-corrected chi connectivity index (χ1v) is 19.7.